The van der Waals surface area contributed by atoms with Crippen LogP contribution in [-0.2, 0) is 0 Å². The molecule has 2 nitrogen and oxygen atoms in total. The van der Waals surface area contributed by atoms with Gasteiger partial charge in [0.05, 0.1) is 4.48 Å². The molecular weight excluding hydrogens is 220 g/mol. The van der Waals surface area contributed by atoms with Crippen molar-refractivity contribution in [2.75, 3.05) is 6.61 Å². The first-order valence-electron chi connectivity index (χ1n) is 3.59. The quantitative estimate of drug-likeness (QED) is 0.678. The molecule has 0 aromatic heterocycles. The molecule has 0 saturated heterocycles. The van der Waals surface area contributed by atoms with Crippen molar-refractivity contribution in [3.63, 3.8) is 0 Å². The zero-order chi connectivity index (χ0) is 8.39. The van der Waals surface area contributed by atoms with Crippen LogP contribution < -0.4 is 9.47 Å². The van der Waals surface area contributed by atoms with Gasteiger partial charge in [-0.05, 0) is 28.1 Å². The Hall–Kier alpha value is -0.960. The third-order valence-electron chi connectivity index (χ3n) is 1.53. The van der Waals surface area contributed by atoms with Gasteiger partial charge in [0.1, 0.15) is 12.9 Å². The Morgan fingerprint density at radius 2 is 1.92 bits per heavy atom. The molecular formula is C9H7BrO2. The van der Waals surface area contributed by atoms with Crippen LogP contribution in [-0.4, -0.2) is 6.61 Å². The van der Waals surface area contributed by atoms with Crippen LogP contribution in [0.3, 0.4) is 0 Å². The van der Waals surface area contributed by atoms with Gasteiger partial charge in [0.25, 0.3) is 0 Å². The number of halogens is 1. The zero-order valence-corrected chi connectivity index (χ0v) is 7.87. The molecule has 1 aromatic rings. The van der Waals surface area contributed by atoms with Crippen molar-refractivity contribution in [3.8, 4) is 11.5 Å². The minimum absolute atomic E-state index is 0.525. The van der Waals surface area contributed by atoms with Gasteiger partial charge in [-0.15, -0.1) is 0 Å². The molecule has 0 spiro atoms. The highest BCUT2D eigenvalue weighted by Gasteiger charge is 2.07. The number of benzene rings is 1. The van der Waals surface area contributed by atoms with Gasteiger partial charge in [0.15, 0.2) is 11.5 Å². The fourth-order valence-corrected chi connectivity index (χ4v) is 1.18. The smallest absolute Gasteiger partial charge is 0.168 e. The van der Waals surface area contributed by atoms with Crippen LogP contribution in [0.2, 0.25) is 0 Å². The lowest BCUT2D eigenvalue weighted by Gasteiger charge is -2.04. The summed E-state index contributed by atoms with van der Waals surface area (Å²) in [6, 6.07) is 7.59. The van der Waals surface area contributed by atoms with Crippen LogP contribution in [0, 0.1) is 0 Å². The zero-order valence-electron chi connectivity index (χ0n) is 6.29. The number of hydrogen-bond acceptors (Lipinski definition) is 2. The Bertz CT molecular complexity index is 320. The molecule has 0 aliphatic carbocycles. The molecule has 0 unspecified atom stereocenters. The van der Waals surface area contributed by atoms with E-state index in [4.69, 9.17) is 9.47 Å². The average molecular weight is 227 g/mol. The van der Waals surface area contributed by atoms with Crippen LogP contribution in [0.4, 0.5) is 0 Å². The van der Waals surface area contributed by atoms with E-state index < -0.39 is 0 Å². The van der Waals surface area contributed by atoms with Crippen molar-refractivity contribution < 1.29 is 9.47 Å². The second kappa shape index (κ2) is 3.19. The Kier molecular flexibility index (Phi) is 2.04. The van der Waals surface area contributed by atoms with Gasteiger partial charge in [-0.1, -0.05) is 12.1 Å². The van der Waals surface area contributed by atoms with E-state index in [2.05, 4.69) is 15.9 Å². The summed E-state index contributed by atoms with van der Waals surface area (Å²) in [6.45, 7) is 0.525. The van der Waals surface area contributed by atoms with Gasteiger partial charge < -0.3 is 9.47 Å². The number of hydrogen-bond donors (Lipinski definition) is 0. The van der Waals surface area contributed by atoms with Gasteiger partial charge in [0.2, 0.25) is 0 Å². The Morgan fingerprint density at radius 3 is 2.75 bits per heavy atom. The van der Waals surface area contributed by atoms with E-state index in [0.717, 1.165) is 16.0 Å². The van der Waals surface area contributed by atoms with E-state index in [9.17, 15) is 0 Å². The lowest BCUT2D eigenvalue weighted by Crippen LogP contribution is -1.93. The number of fused-ring (bicyclic) bond motifs is 1. The maximum atomic E-state index is 5.42. The van der Waals surface area contributed by atoms with Crippen molar-refractivity contribution in [2.45, 2.75) is 0 Å². The minimum Gasteiger partial charge on any atom is -0.484 e. The summed E-state index contributed by atoms with van der Waals surface area (Å²) in [6.07, 6.45) is 1.64. The molecule has 2 rings (SSSR count). The summed E-state index contributed by atoms with van der Waals surface area (Å²) in [5, 5.41) is 0. The molecule has 62 valence electrons. The fraction of sp³-hybridized carbons (Fsp3) is 0.111. The third kappa shape index (κ3) is 1.46. The second-order valence-corrected chi connectivity index (χ2v) is 3.44. The first kappa shape index (κ1) is 7.68. The second-order valence-electron chi connectivity index (χ2n) is 2.42. The van der Waals surface area contributed by atoms with Gasteiger partial charge in [-0.25, -0.2) is 0 Å². The largest absolute Gasteiger partial charge is 0.484 e. The maximum absolute atomic E-state index is 5.42. The highest BCUT2D eigenvalue weighted by atomic mass is 79.9. The average Bonchev–Trinajstić information content (AvgIpc) is 2.29. The number of rotatable bonds is 0. The fourth-order valence-electron chi connectivity index (χ4n) is 0.975. The molecule has 0 bridgehead atoms. The van der Waals surface area contributed by atoms with Gasteiger partial charge in [-0.2, -0.15) is 0 Å². The molecule has 0 radical (unpaired) electrons. The Labute approximate surface area is 78.9 Å². The Morgan fingerprint density at radius 1 is 1.17 bits per heavy atom. The highest BCUT2D eigenvalue weighted by molar-refractivity contribution is 9.11. The standard InChI is InChI=1S/C9H7BrO2/c10-7-5-11-8-3-1-2-4-9(8)12-6-7/h1-5H,6H2. The van der Waals surface area contributed by atoms with Crippen LogP contribution in [0.1, 0.15) is 0 Å². The predicted molar refractivity (Wildman–Crippen MR) is 49.6 cm³/mol. The van der Waals surface area contributed by atoms with E-state index in [0.29, 0.717) is 6.61 Å². The monoisotopic (exact) mass is 226 g/mol. The summed E-state index contributed by atoms with van der Waals surface area (Å²) in [7, 11) is 0. The molecule has 0 atom stereocenters. The number of ether oxygens (including phenoxy) is 2. The van der Waals surface area contributed by atoms with Gasteiger partial charge >= 0.3 is 0 Å². The minimum atomic E-state index is 0.525. The molecule has 12 heavy (non-hydrogen) atoms. The van der Waals surface area contributed by atoms with Gasteiger partial charge in [0, 0.05) is 0 Å². The van der Waals surface area contributed by atoms with Crippen LogP contribution in [0.5, 0.6) is 11.5 Å². The van der Waals surface area contributed by atoms with Crippen LogP contribution in [0.15, 0.2) is 35.0 Å². The SMILES string of the molecule is BrC1=COc2ccccc2OC1. The first-order chi connectivity index (χ1) is 5.86. The van der Waals surface area contributed by atoms with E-state index in [1.807, 2.05) is 24.3 Å². The lowest BCUT2D eigenvalue weighted by atomic mass is 10.3. The predicted octanol–water partition coefficient (Wildman–Crippen LogP) is 2.69. The number of para-hydroxylation sites is 2. The molecule has 0 N–H and O–H groups in total. The lowest BCUT2D eigenvalue weighted by molar-refractivity contribution is 0.355. The summed E-state index contributed by atoms with van der Waals surface area (Å²) in [5.74, 6) is 1.54. The summed E-state index contributed by atoms with van der Waals surface area (Å²) < 4.78 is 11.6. The normalized spacial score (nSPS) is 14.9. The van der Waals surface area contributed by atoms with Crippen LogP contribution >= 0.6 is 15.9 Å². The molecule has 1 aromatic carbocycles. The molecule has 1 aliphatic heterocycles. The van der Waals surface area contributed by atoms with E-state index in [1.165, 1.54) is 0 Å². The highest BCUT2D eigenvalue weighted by Crippen LogP contribution is 2.29. The van der Waals surface area contributed by atoms with Crippen molar-refractivity contribution in [2.24, 2.45) is 0 Å². The summed E-state index contributed by atoms with van der Waals surface area (Å²) in [4.78, 5) is 0. The molecule has 1 aliphatic rings. The molecule has 3 heteroatoms. The van der Waals surface area contributed by atoms with Crippen molar-refractivity contribution in [3.05, 3.63) is 35.0 Å². The third-order valence-corrected chi connectivity index (χ3v) is 1.94. The van der Waals surface area contributed by atoms with E-state index in [1.54, 1.807) is 6.26 Å². The van der Waals surface area contributed by atoms with Crippen molar-refractivity contribution in [1.82, 2.24) is 0 Å². The molecule has 0 amide bonds. The first-order valence-corrected chi connectivity index (χ1v) is 4.38. The topological polar surface area (TPSA) is 18.5 Å². The van der Waals surface area contributed by atoms with E-state index in [-0.39, 0.29) is 0 Å². The maximum Gasteiger partial charge on any atom is 0.168 e. The van der Waals surface area contributed by atoms with Crippen molar-refractivity contribution in [1.29, 1.82) is 0 Å². The Balaban J connectivity index is 2.35. The molecule has 1 heterocycles. The molecule has 0 saturated carbocycles. The van der Waals surface area contributed by atoms with E-state index >= 15 is 0 Å². The van der Waals surface area contributed by atoms with Gasteiger partial charge in [-0.3, -0.25) is 0 Å². The van der Waals surface area contributed by atoms with Crippen molar-refractivity contribution >= 4 is 15.9 Å². The van der Waals surface area contributed by atoms with Crippen LogP contribution in [0.25, 0.3) is 0 Å². The summed E-state index contributed by atoms with van der Waals surface area (Å²) in [5.41, 5.74) is 0. The molecule has 0 fully saturated rings. The summed E-state index contributed by atoms with van der Waals surface area (Å²) >= 11 is 3.31.